The molecule has 0 fully saturated rings. The summed E-state index contributed by atoms with van der Waals surface area (Å²) < 4.78 is 5.57. The number of hydrogen-bond donors (Lipinski definition) is 0. The smallest absolute Gasteiger partial charge is 0.289 e. The van der Waals surface area contributed by atoms with Crippen LogP contribution >= 0.6 is 11.6 Å². The van der Waals surface area contributed by atoms with Crippen LogP contribution in [0.25, 0.3) is 11.0 Å². The van der Waals surface area contributed by atoms with E-state index in [1.807, 2.05) is 32.0 Å². The Bertz CT molecular complexity index is 576. The number of aryl methyl sites for hydroxylation is 1. The third-order valence-corrected chi connectivity index (χ3v) is 3.53. The van der Waals surface area contributed by atoms with Gasteiger partial charge in [0.15, 0.2) is 5.76 Å². The number of rotatable bonds is 3. The summed E-state index contributed by atoms with van der Waals surface area (Å²) in [6.45, 7) is 3.91. The van der Waals surface area contributed by atoms with Gasteiger partial charge >= 0.3 is 0 Å². The SMILES string of the molecule is Cc1ccc2oc(C(=O)N(C)C(C)CCl)cc2c1. The number of fused-ring (bicyclic) bond motifs is 1. The fraction of sp³-hybridized carbons (Fsp3) is 0.357. The van der Waals surface area contributed by atoms with E-state index in [9.17, 15) is 4.79 Å². The second kappa shape index (κ2) is 5.02. The molecule has 2 rings (SSSR count). The minimum atomic E-state index is -0.142. The lowest BCUT2D eigenvalue weighted by molar-refractivity contribution is 0.0727. The summed E-state index contributed by atoms with van der Waals surface area (Å²) in [5, 5.41) is 0.949. The molecule has 1 unspecified atom stereocenters. The molecule has 0 saturated carbocycles. The highest BCUT2D eigenvalue weighted by molar-refractivity contribution is 6.18. The molecule has 0 bridgehead atoms. The maximum absolute atomic E-state index is 12.2. The van der Waals surface area contributed by atoms with Gasteiger partial charge in [-0.2, -0.15) is 0 Å². The van der Waals surface area contributed by atoms with E-state index in [2.05, 4.69) is 0 Å². The van der Waals surface area contributed by atoms with Crippen LogP contribution in [-0.4, -0.2) is 29.8 Å². The van der Waals surface area contributed by atoms with E-state index in [0.717, 1.165) is 16.5 Å². The van der Waals surface area contributed by atoms with Crippen molar-refractivity contribution in [2.24, 2.45) is 0 Å². The van der Waals surface area contributed by atoms with E-state index >= 15 is 0 Å². The molecular weight excluding hydrogens is 250 g/mol. The summed E-state index contributed by atoms with van der Waals surface area (Å²) in [6, 6.07) is 7.61. The lowest BCUT2D eigenvalue weighted by Crippen LogP contribution is -2.35. The molecule has 0 spiro atoms. The van der Waals surface area contributed by atoms with Crippen LogP contribution in [0.2, 0.25) is 0 Å². The molecule has 1 aromatic carbocycles. The average Bonchev–Trinajstić information content (AvgIpc) is 2.78. The normalized spacial score (nSPS) is 12.7. The summed E-state index contributed by atoms with van der Waals surface area (Å²) in [7, 11) is 1.73. The van der Waals surface area contributed by atoms with Crippen molar-refractivity contribution in [2.75, 3.05) is 12.9 Å². The summed E-state index contributed by atoms with van der Waals surface area (Å²) in [4.78, 5) is 13.8. The van der Waals surface area contributed by atoms with Crippen molar-refractivity contribution in [3.05, 3.63) is 35.6 Å². The summed E-state index contributed by atoms with van der Waals surface area (Å²) in [5.41, 5.74) is 1.88. The van der Waals surface area contributed by atoms with Gasteiger partial charge in [0.05, 0.1) is 0 Å². The first kappa shape index (κ1) is 13.0. The van der Waals surface area contributed by atoms with Crippen LogP contribution in [0, 0.1) is 6.92 Å². The molecule has 0 aliphatic rings. The number of halogens is 1. The third-order valence-electron chi connectivity index (χ3n) is 3.09. The Morgan fingerprint density at radius 1 is 1.44 bits per heavy atom. The van der Waals surface area contributed by atoms with Gasteiger partial charge < -0.3 is 9.32 Å². The topological polar surface area (TPSA) is 33.5 Å². The summed E-state index contributed by atoms with van der Waals surface area (Å²) in [6.07, 6.45) is 0. The molecule has 0 aliphatic carbocycles. The van der Waals surface area contributed by atoms with Crippen molar-refractivity contribution in [2.45, 2.75) is 19.9 Å². The quantitative estimate of drug-likeness (QED) is 0.797. The maximum Gasteiger partial charge on any atom is 0.289 e. The molecule has 1 amide bonds. The molecule has 3 nitrogen and oxygen atoms in total. The van der Waals surface area contributed by atoms with E-state index in [-0.39, 0.29) is 11.9 Å². The van der Waals surface area contributed by atoms with E-state index in [1.165, 1.54) is 0 Å². The van der Waals surface area contributed by atoms with Crippen LogP contribution in [0.15, 0.2) is 28.7 Å². The number of carbonyl (C=O) groups is 1. The van der Waals surface area contributed by atoms with Crippen LogP contribution < -0.4 is 0 Å². The Morgan fingerprint density at radius 3 is 2.83 bits per heavy atom. The highest BCUT2D eigenvalue weighted by atomic mass is 35.5. The van der Waals surface area contributed by atoms with E-state index < -0.39 is 0 Å². The first-order valence-corrected chi connectivity index (χ1v) is 6.39. The Balaban J connectivity index is 2.33. The molecule has 0 N–H and O–H groups in total. The van der Waals surface area contributed by atoms with Gasteiger partial charge in [-0.1, -0.05) is 11.6 Å². The van der Waals surface area contributed by atoms with Crippen LogP contribution in [-0.2, 0) is 0 Å². The zero-order valence-corrected chi connectivity index (χ0v) is 11.5. The molecule has 0 saturated heterocycles. The monoisotopic (exact) mass is 265 g/mol. The average molecular weight is 266 g/mol. The molecule has 1 atom stereocenters. The molecule has 0 radical (unpaired) electrons. The Hall–Kier alpha value is -1.48. The zero-order chi connectivity index (χ0) is 13.3. The van der Waals surface area contributed by atoms with Gasteiger partial charge in [-0.3, -0.25) is 4.79 Å². The molecule has 18 heavy (non-hydrogen) atoms. The number of nitrogens with zero attached hydrogens (tertiary/aromatic N) is 1. The van der Waals surface area contributed by atoms with Crippen LogP contribution in [0.3, 0.4) is 0 Å². The number of amides is 1. The van der Waals surface area contributed by atoms with Crippen molar-refractivity contribution in [3.63, 3.8) is 0 Å². The van der Waals surface area contributed by atoms with Gasteiger partial charge in [0.2, 0.25) is 0 Å². The summed E-state index contributed by atoms with van der Waals surface area (Å²) in [5.74, 6) is 0.619. The largest absolute Gasteiger partial charge is 0.451 e. The first-order chi connectivity index (χ1) is 8.52. The molecule has 1 heterocycles. The standard InChI is InChI=1S/C14H16ClNO2/c1-9-4-5-12-11(6-9)7-13(18-12)14(17)16(3)10(2)8-15/h4-7,10H,8H2,1-3H3. The molecule has 96 valence electrons. The molecular formula is C14H16ClNO2. The number of alkyl halides is 1. The fourth-order valence-corrected chi connectivity index (χ4v) is 1.95. The highest BCUT2D eigenvalue weighted by Crippen LogP contribution is 2.21. The van der Waals surface area contributed by atoms with Gasteiger partial charge in [0.1, 0.15) is 5.58 Å². The Morgan fingerprint density at radius 2 is 2.17 bits per heavy atom. The molecule has 0 aliphatic heterocycles. The fourth-order valence-electron chi connectivity index (χ4n) is 1.75. The van der Waals surface area contributed by atoms with E-state index in [0.29, 0.717) is 11.6 Å². The molecule has 1 aromatic heterocycles. The molecule has 2 aromatic rings. The summed E-state index contributed by atoms with van der Waals surface area (Å²) >= 11 is 5.75. The van der Waals surface area contributed by atoms with Gasteiger partial charge in [0.25, 0.3) is 5.91 Å². The highest BCUT2D eigenvalue weighted by Gasteiger charge is 2.20. The number of benzene rings is 1. The number of carbonyl (C=O) groups excluding carboxylic acids is 1. The van der Waals surface area contributed by atoms with E-state index in [1.54, 1.807) is 18.0 Å². The molecule has 4 heteroatoms. The van der Waals surface area contributed by atoms with Crippen molar-refractivity contribution < 1.29 is 9.21 Å². The van der Waals surface area contributed by atoms with Crippen molar-refractivity contribution in [3.8, 4) is 0 Å². The van der Waals surface area contributed by atoms with Crippen LogP contribution in [0.1, 0.15) is 23.0 Å². The number of furan rings is 1. The lowest BCUT2D eigenvalue weighted by atomic mass is 10.2. The minimum absolute atomic E-state index is 0.0193. The first-order valence-electron chi connectivity index (χ1n) is 5.86. The van der Waals surface area contributed by atoms with Gasteiger partial charge in [0, 0.05) is 24.4 Å². The second-order valence-corrected chi connectivity index (χ2v) is 4.88. The zero-order valence-electron chi connectivity index (χ0n) is 10.7. The van der Waals surface area contributed by atoms with E-state index in [4.69, 9.17) is 16.0 Å². The maximum atomic E-state index is 12.2. The van der Waals surface area contributed by atoms with Crippen LogP contribution in [0.4, 0.5) is 0 Å². The Kier molecular flexibility index (Phi) is 3.62. The van der Waals surface area contributed by atoms with Crippen molar-refractivity contribution in [1.82, 2.24) is 4.90 Å². The minimum Gasteiger partial charge on any atom is -0.451 e. The van der Waals surface area contributed by atoms with Crippen molar-refractivity contribution in [1.29, 1.82) is 0 Å². The lowest BCUT2D eigenvalue weighted by Gasteiger charge is -2.21. The van der Waals surface area contributed by atoms with Gasteiger partial charge in [-0.25, -0.2) is 0 Å². The van der Waals surface area contributed by atoms with Gasteiger partial charge in [-0.05, 0) is 32.0 Å². The van der Waals surface area contributed by atoms with Crippen molar-refractivity contribution >= 4 is 28.5 Å². The predicted octanol–water partition coefficient (Wildman–Crippen LogP) is 3.44. The van der Waals surface area contributed by atoms with Gasteiger partial charge in [-0.15, -0.1) is 11.6 Å². The predicted molar refractivity (Wildman–Crippen MR) is 73.2 cm³/mol. The number of hydrogen-bond acceptors (Lipinski definition) is 2. The second-order valence-electron chi connectivity index (χ2n) is 4.57. The Labute approximate surface area is 111 Å². The third kappa shape index (κ3) is 2.36. The van der Waals surface area contributed by atoms with Crippen LogP contribution in [0.5, 0.6) is 0 Å².